The van der Waals surface area contributed by atoms with Gasteiger partial charge in [0.1, 0.15) is 5.82 Å². The average molecular weight is 486 g/mol. The Morgan fingerprint density at radius 2 is 1.79 bits per heavy atom. The predicted octanol–water partition coefficient (Wildman–Crippen LogP) is 3.01. The molecule has 0 radical (unpaired) electrons. The second-order valence-corrected chi connectivity index (χ2v) is 10.8. The molecule has 2 aromatic carbocycles. The van der Waals surface area contributed by atoms with Gasteiger partial charge in [0.15, 0.2) is 0 Å². The second kappa shape index (κ2) is 11.1. The molecule has 184 valence electrons. The largest absolute Gasteiger partial charge is 0.352 e. The number of sulfonamides is 1. The molecule has 34 heavy (non-hydrogen) atoms. The molecule has 1 N–H and O–H groups in total. The molecule has 1 amide bonds. The van der Waals surface area contributed by atoms with Crippen LogP contribution in [0.2, 0.25) is 0 Å². The Labute approximate surface area is 202 Å². The van der Waals surface area contributed by atoms with Crippen LogP contribution in [0.1, 0.15) is 37.2 Å². The van der Waals surface area contributed by atoms with Crippen molar-refractivity contribution in [3.05, 3.63) is 59.4 Å². The number of benzene rings is 2. The minimum absolute atomic E-state index is 0.0401. The van der Waals surface area contributed by atoms with Crippen molar-refractivity contribution in [2.24, 2.45) is 0 Å². The zero-order chi connectivity index (χ0) is 24.9. The highest BCUT2D eigenvalue weighted by atomic mass is 32.2. The molecule has 0 saturated heterocycles. The number of nitrogens with one attached hydrogen (secondary N) is 1. The molecule has 0 aliphatic carbocycles. The first-order chi connectivity index (χ1) is 16.1. The van der Waals surface area contributed by atoms with Crippen molar-refractivity contribution < 1.29 is 13.2 Å². The molecule has 0 aliphatic rings. The maximum atomic E-state index is 12.5. The van der Waals surface area contributed by atoms with Crippen molar-refractivity contribution in [2.75, 3.05) is 27.7 Å². The summed E-state index contributed by atoms with van der Waals surface area (Å²) >= 11 is 0. The summed E-state index contributed by atoms with van der Waals surface area (Å²) in [6.07, 6.45) is 0.788. The summed E-state index contributed by atoms with van der Waals surface area (Å²) in [4.78, 5) is 19.6. The van der Waals surface area contributed by atoms with Crippen LogP contribution in [-0.2, 0) is 40.9 Å². The first kappa shape index (κ1) is 25.9. The number of nitrogens with zero attached hydrogens (tertiary/aromatic N) is 4. The Morgan fingerprint density at radius 1 is 1.06 bits per heavy atom. The fourth-order valence-electron chi connectivity index (χ4n) is 3.85. The van der Waals surface area contributed by atoms with E-state index < -0.39 is 10.0 Å². The molecule has 9 heteroatoms. The van der Waals surface area contributed by atoms with E-state index >= 15 is 0 Å². The highest BCUT2D eigenvalue weighted by Crippen LogP contribution is 2.22. The average Bonchev–Trinajstić information content (AvgIpc) is 3.18. The van der Waals surface area contributed by atoms with Gasteiger partial charge in [0.2, 0.25) is 15.9 Å². The monoisotopic (exact) mass is 485 g/mol. The molecule has 0 fully saturated rings. The quantitative estimate of drug-likeness (QED) is 0.451. The third kappa shape index (κ3) is 6.02. The summed E-state index contributed by atoms with van der Waals surface area (Å²) < 4.78 is 28.2. The first-order valence-electron chi connectivity index (χ1n) is 11.6. The lowest BCUT2D eigenvalue weighted by molar-refractivity contribution is -0.121. The van der Waals surface area contributed by atoms with Gasteiger partial charge >= 0.3 is 0 Å². The molecule has 0 unspecified atom stereocenters. The normalized spacial score (nSPS) is 12.1. The zero-order valence-corrected chi connectivity index (χ0v) is 21.5. The van der Waals surface area contributed by atoms with Crippen LogP contribution < -0.4 is 5.32 Å². The second-order valence-electron chi connectivity index (χ2n) is 8.64. The highest BCUT2D eigenvalue weighted by molar-refractivity contribution is 7.89. The molecule has 0 aliphatic heterocycles. The lowest BCUT2D eigenvalue weighted by atomic mass is 10.1. The molecular weight excluding hydrogens is 450 g/mol. The topological polar surface area (TPSA) is 87.5 Å². The van der Waals surface area contributed by atoms with Crippen LogP contribution in [-0.4, -0.2) is 60.8 Å². The molecule has 0 atom stereocenters. The third-order valence-corrected chi connectivity index (χ3v) is 7.75. The smallest absolute Gasteiger partial charge is 0.242 e. The van der Waals surface area contributed by atoms with E-state index in [0.717, 1.165) is 30.0 Å². The molecule has 3 aromatic rings. The molecule has 0 bridgehead atoms. The predicted molar refractivity (Wildman–Crippen MR) is 135 cm³/mol. The summed E-state index contributed by atoms with van der Waals surface area (Å²) in [5.41, 5.74) is 3.78. The number of aryl methyl sites for hydroxylation is 2. The van der Waals surface area contributed by atoms with E-state index in [2.05, 4.69) is 41.3 Å². The minimum atomic E-state index is -3.53. The maximum absolute atomic E-state index is 12.5. The van der Waals surface area contributed by atoms with Crippen LogP contribution in [0.15, 0.2) is 47.4 Å². The van der Waals surface area contributed by atoms with Gasteiger partial charge in [-0.1, -0.05) is 31.2 Å². The van der Waals surface area contributed by atoms with Crippen molar-refractivity contribution in [3.63, 3.8) is 0 Å². The fourth-order valence-corrected chi connectivity index (χ4v) is 4.77. The number of aromatic nitrogens is 2. The molecular formula is C25H35N5O3S. The van der Waals surface area contributed by atoms with E-state index in [1.165, 1.54) is 24.0 Å². The van der Waals surface area contributed by atoms with Crippen molar-refractivity contribution in [1.29, 1.82) is 0 Å². The number of carbonyl (C=O) groups is 1. The Bertz CT molecular complexity index is 1250. The van der Waals surface area contributed by atoms with Gasteiger partial charge in [0.25, 0.3) is 0 Å². The highest BCUT2D eigenvalue weighted by Gasteiger charge is 2.19. The lowest BCUT2D eigenvalue weighted by Gasteiger charge is -2.14. The van der Waals surface area contributed by atoms with Crippen LogP contribution in [0.4, 0.5) is 0 Å². The van der Waals surface area contributed by atoms with Gasteiger partial charge in [-0.3, -0.25) is 4.79 Å². The van der Waals surface area contributed by atoms with Gasteiger partial charge in [-0.15, -0.1) is 0 Å². The SMILES string of the molecule is CCN(C)Cc1cccc(CNC(=O)CCc2nc3cc(S(=O)(=O)N(C)C)ccc3n2CC)c1. The van der Waals surface area contributed by atoms with Crippen molar-refractivity contribution in [1.82, 2.24) is 24.1 Å². The Kier molecular flexibility index (Phi) is 8.46. The molecule has 0 spiro atoms. The molecule has 0 saturated carbocycles. The number of carbonyl (C=O) groups excluding carboxylic acids is 1. The Morgan fingerprint density at radius 3 is 2.47 bits per heavy atom. The van der Waals surface area contributed by atoms with E-state index in [-0.39, 0.29) is 10.8 Å². The zero-order valence-electron chi connectivity index (χ0n) is 20.7. The van der Waals surface area contributed by atoms with E-state index in [9.17, 15) is 13.2 Å². The van der Waals surface area contributed by atoms with Gasteiger partial charge in [-0.2, -0.15) is 0 Å². The van der Waals surface area contributed by atoms with Gasteiger partial charge < -0.3 is 14.8 Å². The standard InChI is InChI=1S/C25H35N5O3S/c1-6-29(5)18-20-10-8-9-19(15-20)17-26-25(31)14-13-24-27-22-16-21(34(32,33)28(3)4)11-12-23(22)30(24)7-2/h8-12,15-16H,6-7,13-14,17-18H2,1-5H3,(H,26,31). The fraction of sp³-hybridized carbons (Fsp3) is 0.440. The lowest BCUT2D eigenvalue weighted by Crippen LogP contribution is -2.23. The third-order valence-electron chi connectivity index (χ3n) is 5.94. The number of rotatable bonds is 11. The summed E-state index contributed by atoms with van der Waals surface area (Å²) in [6.45, 7) is 7.17. The minimum Gasteiger partial charge on any atom is -0.352 e. The molecule has 1 aromatic heterocycles. The van der Waals surface area contributed by atoms with E-state index in [4.69, 9.17) is 0 Å². The van der Waals surface area contributed by atoms with Gasteiger partial charge in [-0.05, 0) is 49.8 Å². The number of hydrogen-bond donors (Lipinski definition) is 1. The number of amides is 1. The van der Waals surface area contributed by atoms with Crippen molar-refractivity contribution >= 4 is 27.0 Å². The van der Waals surface area contributed by atoms with E-state index in [1.54, 1.807) is 18.2 Å². The van der Waals surface area contributed by atoms with Gasteiger partial charge in [0, 0.05) is 46.6 Å². The van der Waals surface area contributed by atoms with E-state index in [0.29, 0.717) is 31.4 Å². The number of fused-ring (bicyclic) bond motifs is 1. The van der Waals surface area contributed by atoms with Gasteiger partial charge in [0.05, 0.1) is 15.9 Å². The van der Waals surface area contributed by atoms with E-state index in [1.807, 2.05) is 23.6 Å². The molecule has 1 heterocycles. The van der Waals surface area contributed by atoms with Crippen molar-refractivity contribution in [3.8, 4) is 0 Å². The maximum Gasteiger partial charge on any atom is 0.242 e. The van der Waals surface area contributed by atoms with Crippen LogP contribution in [0.3, 0.4) is 0 Å². The number of imidazole rings is 1. The first-order valence-corrected chi connectivity index (χ1v) is 13.0. The molecule has 3 rings (SSSR count). The van der Waals surface area contributed by atoms with Crippen LogP contribution in [0.25, 0.3) is 11.0 Å². The van der Waals surface area contributed by atoms with Crippen LogP contribution in [0, 0.1) is 0 Å². The number of hydrogen-bond acceptors (Lipinski definition) is 5. The van der Waals surface area contributed by atoms with Crippen molar-refractivity contribution in [2.45, 2.75) is 51.2 Å². The molecule has 8 nitrogen and oxygen atoms in total. The summed E-state index contributed by atoms with van der Waals surface area (Å²) in [5.74, 6) is 0.735. The summed E-state index contributed by atoms with van der Waals surface area (Å²) in [5, 5.41) is 3.00. The summed E-state index contributed by atoms with van der Waals surface area (Å²) in [7, 11) is 1.57. The Balaban J connectivity index is 1.65. The Hall–Kier alpha value is -2.75. The van der Waals surface area contributed by atoms with Gasteiger partial charge in [-0.25, -0.2) is 17.7 Å². The van der Waals surface area contributed by atoms with Crippen LogP contribution >= 0.6 is 0 Å². The van der Waals surface area contributed by atoms with Crippen LogP contribution in [0.5, 0.6) is 0 Å². The summed E-state index contributed by atoms with van der Waals surface area (Å²) in [6, 6.07) is 13.3.